The van der Waals surface area contributed by atoms with Gasteiger partial charge in [0.25, 0.3) is 0 Å². The standard InChI is InChI=1S/C24H33N3/c1-9-14-21-16(6)17(7)24(27(21)25)23-18(8)20(13-5)22(15-10-2)26(23)19(11-3)12-4/h9-10,13-15,19H,1,5-6,11-12,25H2,2-4,7-8H3/b15-10-,21-14+. The van der Waals surface area contributed by atoms with Gasteiger partial charge >= 0.3 is 0 Å². The lowest BCUT2D eigenvalue weighted by atomic mass is 10.1. The molecule has 27 heavy (non-hydrogen) atoms. The van der Waals surface area contributed by atoms with Crippen molar-refractivity contribution in [3.05, 3.63) is 58.3 Å². The highest BCUT2D eigenvalue weighted by molar-refractivity contribution is 5.78. The van der Waals surface area contributed by atoms with Crippen LogP contribution in [-0.4, -0.2) is 9.24 Å². The predicted octanol–water partition coefficient (Wildman–Crippen LogP) is 4.70. The molecule has 0 aliphatic heterocycles. The predicted molar refractivity (Wildman–Crippen MR) is 121 cm³/mol. The van der Waals surface area contributed by atoms with E-state index >= 15 is 0 Å². The smallest absolute Gasteiger partial charge is 0.0900 e. The molecule has 2 rings (SSSR count). The van der Waals surface area contributed by atoms with E-state index in [1.54, 1.807) is 10.8 Å². The van der Waals surface area contributed by atoms with E-state index in [1.807, 2.05) is 19.1 Å². The molecule has 0 unspecified atom stereocenters. The SMILES string of the molecule is C=C/C=c1\c(=C)c(C)c(-c2c(C)c(C=C)c(/C=C\C)n2C(CC)CC)n1N. The summed E-state index contributed by atoms with van der Waals surface area (Å²) >= 11 is 0. The van der Waals surface area contributed by atoms with Gasteiger partial charge in [0.05, 0.1) is 16.7 Å². The third kappa shape index (κ3) is 3.23. The Balaban J connectivity index is 3.09. The summed E-state index contributed by atoms with van der Waals surface area (Å²) in [6, 6.07) is 0.382. The average Bonchev–Trinajstić information content (AvgIpc) is 3.03. The van der Waals surface area contributed by atoms with Crippen LogP contribution in [0, 0.1) is 13.8 Å². The van der Waals surface area contributed by atoms with E-state index < -0.39 is 0 Å². The number of hydrogen-bond acceptors (Lipinski definition) is 1. The molecule has 0 aliphatic rings. The van der Waals surface area contributed by atoms with Crippen LogP contribution in [0.15, 0.2) is 25.3 Å². The molecule has 2 aromatic heterocycles. The minimum absolute atomic E-state index is 0.382. The number of aromatic nitrogens is 2. The molecule has 2 N–H and O–H groups in total. The second kappa shape index (κ2) is 8.34. The summed E-state index contributed by atoms with van der Waals surface area (Å²) in [5, 5.41) is 1.83. The summed E-state index contributed by atoms with van der Waals surface area (Å²) in [5.74, 6) is 6.56. The minimum atomic E-state index is 0.382. The summed E-state index contributed by atoms with van der Waals surface area (Å²) < 4.78 is 4.20. The van der Waals surface area contributed by atoms with Crippen LogP contribution >= 0.6 is 0 Å². The van der Waals surface area contributed by atoms with Gasteiger partial charge in [0, 0.05) is 17.3 Å². The van der Waals surface area contributed by atoms with Crippen LogP contribution in [-0.2, 0) is 0 Å². The fourth-order valence-corrected chi connectivity index (χ4v) is 4.03. The van der Waals surface area contributed by atoms with E-state index in [0.29, 0.717) is 6.04 Å². The van der Waals surface area contributed by atoms with Gasteiger partial charge in [-0.3, -0.25) is 4.68 Å². The van der Waals surface area contributed by atoms with Crippen LogP contribution in [0.2, 0.25) is 0 Å². The van der Waals surface area contributed by atoms with E-state index in [9.17, 15) is 0 Å². The second-order valence-electron chi connectivity index (χ2n) is 6.93. The van der Waals surface area contributed by atoms with Crippen molar-refractivity contribution >= 4 is 24.8 Å². The highest BCUT2D eigenvalue weighted by Gasteiger charge is 2.25. The van der Waals surface area contributed by atoms with E-state index in [2.05, 4.69) is 64.2 Å². The van der Waals surface area contributed by atoms with Crippen LogP contribution in [0.4, 0.5) is 0 Å². The Labute approximate surface area is 163 Å². The quantitative estimate of drug-likeness (QED) is 0.711. The number of hydrogen-bond donors (Lipinski definition) is 1. The molecule has 0 spiro atoms. The van der Waals surface area contributed by atoms with Gasteiger partial charge in [0.1, 0.15) is 0 Å². The Morgan fingerprint density at radius 3 is 2.19 bits per heavy atom. The molecular formula is C24H33N3. The molecule has 0 amide bonds. The van der Waals surface area contributed by atoms with Crippen molar-refractivity contribution in [2.75, 3.05) is 5.84 Å². The second-order valence-corrected chi connectivity index (χ2v) is 6.93. The molecule has 2 aromatic rings. The highest BCUT2D eigenvalue weighted by Crippen LogP contribution is 2.37. The fourth-order valence-electron chi connectivity index (χ4n) is 4.03. The molecule has 3 nitrogen and oxygen atoms in total. The van der Waals surface area contributed by atoms with Gasteiger partial charge in [-0.25, -0.2) is 0 Å². The first-order valence-corrected chi connectivity index (χ1v) is 9.67. The van der Waals surface area contributed by atoms with Gasteiger partial charge in [0.15, 0.2) is 0 Å². The maximum atomic E-state index is 6.56. The van der Waals surface area contributed by atoms with Crippen molar-refractivity contribution in [1.29, 1.82) is 0 Å². The van der Waals surface area contributed by atoms with E-state index in [1.165, 1.54) is 11.3 Å². The van der Waals surface area contributed by atoms with Gasteiger partial charge in [-0.05, 0) is 62.1 Å². The molecule has 0 saturated carbocycles. The molecule has 0 bridgehead atoms. The van der Waals surface area contributed by atoms with Gasteiger partial charge in [0.2, 0.25) is 0 Å². The van der Waals surface area contributed by atoms with E-state index in [4.69, 9.17) is 5.84 Å². The van der Waals surface area contributed by atoms with Crippen LogP contribution in [0.3, 0.4) is 0 Å². The zero-order chi connectivity index (χ0) is 20.3. The fraction of sp³-hybridized carbons (Fsp3) is 0.333. The maximum Gasteiger partial charge on any atom is 0.0900 e. The van der Waals surface area contributed by atoms with Crippen LogP contribution in [0.5, 0.6) is 0 Å². The van der Waals surface area contributed by atoms with Gasteiger partial charge in [-0.1, -0.05) is 51.8 Å². The normalized spacial score (nSPS) is 12.4. The van der Waals surface area contributed by atoms with E-state index in [0.717, 1.165) is 45.9 Å². The zero-order valence-electron chi connectivity index (χ0n) is 17.5. The molecule has 2 heterocycles. The Bertz CT molecular complexity index is 992. The van der Waals surface area contributed by atoms with Crippen molar-refractivity contribution in [3.8, 4) is 11.4 Å². The first kappa shape index (κ1) is 20.6. The van der Waals surface area contributed by atoms with Crippen molar-refractivity contribution < 1.29 is 0 Å². The van der Waals surface area contributed by atoms with Gasteiger partial charge in [-0.2, -0.15) is 0 Å². The summed E-state index contributed by atoms with van der Waals surface area (Å²) in [6.07, 6.45) is 12.0. The van der Waals surface area contributed by atoms with Crippen molar-refractivity contribution in [2.45, 2.75) is 53.5 Å². The molecular weight excluding hydrogens is 330 g/mol. The summed E-state index contributed by atoms with van der Waals surface area (Å²) in [4.78, 5) is 0. The number of nitrogens with two attached hydrogens (primary N) is 1. The molecule has 3 heteroatoms. The lowest BCUT2D eigenvalue weighted by Crippen LogP contribution is -2.33. The topological polar surface area (TPSA) is 35.9 Å². The Hall–Kier alpha value is -2.68. The monoisotopic (exact) mass is 363 g/mol. The molecule has 0 radical (unpaired) electrons. The number of allylic oxidation sites excluding steroid dienone is 2. The molecule has 144 valence electrons. The molecule has 0 saturated heterocycles. The number of nitrogen functional groups attached to an aromatic ring is 1. The summed E-state index contributed by atoms with van der Waals surface area (Å²) in [6.45, 7) is 22.9. The van der Waals surface area contributed by atoms with Crippen molar-refractivity contribution in [3.63, 3.8) is 0 Å². The van der Waals surface area contributed by atoms with Crippen LogP contribution in [0.25, 0.3) is 36.2 Å². The van der Waals surface area contributed by atoms with E-state index in [-0.39, 0.29) is 0 Å². The van der Waals surface area contributed by atoms with Crippen LogP contribution in [0.1, 0.15) is 62.0 Å². The third-order valence-corrected chi connectivity index (χ3v) is 5.49. The van der Waals surface area contributed by atoms with Gasteiger partial charge < -0.3 is 10.4 Å². The Morgan fingerprint density at radius 2 is 1.70 bits per heavy atom. The van der Waals surface area contributed by atoms with Crippen molar-refractivity contribution in [2.24, 2.45) is 0 Å². The minimum Gasteiger partial charge on any atom is -0.338 e. The zero-order valence-corrected chi connectivity index (χ0v) is 17.5. The van der Waals surface area contributed by atoms with Gasteiger partial charge in [-0.15, -0.1) is 0 Å². The highest BCUT2D eigenvalue weighted by atomic mass is 15.3. The van der Waals surface area contributed by atoms with Crippen molar-refractivity contribution in [1.82, 2.24) is 9.24 Å². The lowest BCUT2D eigenvalue weighted by molar-refractivity contribution is 0.474. The summed E-state index contributed by atoms with van der Waals surface area (Å²) in [7, 11) is 0. The molecule has 0 fully saturated rings. The largest absolute Gasteiger partial charge is 0.338 e. The molecule has 0 atom stereocenters. The first-order valence-electron chi connectivity index (χ1n) is 9.67. The average molecular weight is 364 g/mol. The summed E-state index contributed by atoms with van der Waals surface area (Å²) in [5.41, 5.74) is 6.81. The maximum absolute atomic E-state index is 6.56. The number of rotatable bonds is 7. The van der Waals surface area contributed by atoms with Crippen LogP contribution < -0.4 is 16.4 Å². The molecule has 0 aromatic carbocycles. The lowest BCUT2D eigenvalue weighted by Gasteiger charge is -2.22. The molecule has 0 aliphatic carbocycles. The Morgan fingerprint density at radius 1 is 1.07 bits per heavy atom. The third-order valence-electron chi connectivity index (χ3n) is 5.49. The first-order chi connectivity index (χ1) is 12.9. The number of nitrogens with zero attached hydrogens (tertiary/aromatic N) is 2. The Kier molecular flexibility index (Phi) is 6.37.